The standard InChI is InChI=1S/C26H31N3O4/c1-17(2)29-26(31)22-9-5-4-8-21(22)25(28-29)19-10-12-23(32-3)18(15-19)11-13-24(30)27-16-20-7-6-14-33-20/h4-5,10,12,15,17,20-22H,6-9,14,16H2,1-3H3,(H,27,30)/t20?,21-,22+/m0/s1. The van der Waals surface area contributed by atoms with E-state index in [0.717, 1.165) is 43.6 Å². The topological polar surface area (TPSA) is 80.2 Å². The van der Waals surface area contributed by atoms with E-state index in [1.54, 1.807) is 12.1 Å². The number of rotatable bonds is 5. The van der Waals surface area contributed by atoms with Crippen LogP contribution in [0.2, 0.25) is 0 Å². The highest BCUT2D eigenvalue weighted by molar-refractivity contribution is 6.07. The second kappa shape index (κ2) is 10.2. The van der Waals surface area contributed by atoms with E-state index in [0.29, 0.717) is 17.9 Å². The van der Waals surface area contributed by atoms with Crippen LogP contribution in [-0.2, 0) is 14.3 Å². The summed E-state index contributed by atoms with van der Waals surface area (Å²) in [7, 11) is 1.58. The van der Waals surface area contributed by atoms with E-state index in [-0.39, 0.29) is 35.8 Å². The van der Waals surface area contributed by atoms with Gasteiger partial charge in [0.25, 0.3) is 5.91 Å². The van der Waals surface area contributed by atoms with Gasteiger partial charge in [0.05, 0.1) is 30.4 Å². The van der Waals surface area contributed by atoms with E-state index in [9.17, 15) is 9.59 Å². The molecule has 1 aromatic rings. The fourth-order valence-corrected chi connectivity index (χ4v) is 4.59. The Balaban J connectivity index is 1.60. The van der Waals surface area contributed by atoms with Crippen LogP contribution in [-0.4, -0.2) is 54.9 Å². The molecule has 0 bridgehead atoms. The molecule has 7 nitrogen and oxygen atoms in total. The summed E-state index contributed by atoms with van der Waals surface area (Å²) in [6.45, 7) is 5.16. The molecule has 3 aliphatic rings. The number of carbonyl (C=O) groups excluding carboxylic acids is 2. The summed E-state index contributed by atoms with van der Waals surface area (Å²) in [4.78, 5) is 25.2. The van der Waals surface area contributed by atoms with Crippen molar-refractivity contribution in [2.24, 2.45) is 16.9 Å². The number of methoxy groups -OCH3 is 1. The van der Waals surface area contributed by atoms with Crippen LogP contribution in [0.25, 0.3) is 0 Å². The Kier molecular flexibility index (Phi) is 7.14. The molecular formula is C26H31N3O4. The number of nitrogens with zero attached hydrogens (tertiary/aromatic N) is 2. The minimum atomic E-state index is -0.345. The highest BCUT2D eigenvalue weighted by Crippen LogP contribution is 2.36. The highest BCUT2D eigenvalue weighted by Gasteiger charge is 2.40. The molecule has 1 fully saturated rings. The van der Waals surface area contributed by atoms with Crippen LogP contribution < -0.4 is 10.1 Å². The molecule has 0 saturated carbocycles. The second-order valence-electron chi connectivity index (χ2n) is 8.93. The van der Waals surface area contributed by atoms with Crippen LogP contribution >= 0.6 is 0 Å². The number of amides is 2. The number of hydrazone groups is 1. The molecule has 1 aromatic carbocycles. The van der Waals surface area contributed by atoms with Gasteiger partial charge in [0.2, 0.25) is 5.91 Å². The maximum atomic E-state index is 13.0. The fourth-order valence-electron chi connectivity index (χ4n) is 4.59. The van der Waals surface area contributed by atoms with Crippen molar-refractivity contribution < 1.29 is 19.1 Å². The smallest absolute Gasteiger partial charge is 0.296 e. The predicted octanol–water partition coefficient (Wildman–Crippen LogP) is 2.88. The largest absolute Gasteiger partial charge is 0.495 e. The number of hydrogen-bond acceptors (Lipinski definition) is 5. The zero-order chi connectivity index (χ0) is 23.4. The van der Waals surface area contributed by atoms with Crippen molar-refractivity contribution >= 4 is 17.5 Å². The second-order valence-corrected chi connectivity index (χ2v) is 8.93. The number of allylic oxidation sites excluding steroid dienone is 2. The Morgan fingerprint density at radius 2 is 2.09 bits per heavy atom. The van der Waals surface area contributed by atoms with E-state index >= 15 is 0 Å². The number of fused-ring (bicyclic) bond motifs is 1. The first-order valence-electron chi connectivity index (χ1n) is 11.6. The van der Waals surface area contributed by atoms with Gasteiger partial charge in [-0.1, -0.05) is 18.1 Å². The van der Waals surface area contributed by atoms with Gasteiger partial charge in [0.15, 0.2) is 0 Å². The summed E-state index contributed by atoms with van der Waals surface area (Å²) in [6.07, 6.45) is 7.76. The van der Waals surface area contributed by atoms with Crippen LogP contribution in [0.3, 0.4) is 0 Å². The Labute approximate surface area is 195 Å². The van der Waals surface area contributed by atoms with Crippen LogP contribution in [0.1, 0.15) is 50.7 Å². The van der Waals surface area contributed by atoms with E-state index in [1.807, 2.05) is 32.0 Å². The quantitative estimate of drug-likeness (QED) is 0.554. The van der Waals surface area contributed by atoms with Crippen molar-refractivity contribution in [1.29, 1.82) is 0 Å². The number of carbonyl (C=O) groups is 2. The molecule has 174 valence electrons. The SMILES string of the molecule is COc1ccc(C2=NN(C(C)C)C(=O)[C@@H]3CC=CC[C@H]23)cc1C#CC(=O)NCC1CCCO1. The normalized spacial score (nSPS) is 24.1. The molecule has 1 unspecified atom stereocenters. The van der Waals surface area contributed by atoms with Gasteiger partial charge in [0, 0.05) is 31.0 Å². The molecule has 7 heteroatoms. The molecule has 0 spiro atoms. The van der Waals surface area contributed by atoms with E-state index < -0.39 is 0 Å². The van der Waals surface area contributed by atoms with Gasteiger partial charge >= 0.3 is 0 Å². The molecule has 4 rings (SSSR count). The van der Waals surface area contributed by atoms with E-state index in [2.05, 4.69) is 29.3 Å². The van der Waals surface area contributed by atoms with Gasteiger partial charge < -0.3 is 14.8 Å². The molecule has 0 aromatic heterocycles. The zero-order valence-electron chi connectivity index (χ0n) is 19.5. The molecule has 2 aliphatic heterocycles. The highest BCUT2D eigenvalue weighted by atomic mass is 16.5. The van der Waals surface area contributed by atoms with Gasteiger partial charge in [0.1, 0.15) is 5.75 Å². The Hall–Kier alpha value is -3.11. The summed E-state index contributed by atoms with van der Waals surface area (Å²) >= 11 is 0. The first kappa shape index (κ1) is 23.1. The van der Waals surface area contributed by atoms with Crippen molar-refractivity contribution in [1.82, 2.24) is 10.3 Å². The summed E-state index contributed by atoms with van der Waals surface area (Å²) in [6, 6.07) is 5.67. The third-order valence-corrected chi connectivity index (χ3v) is 6.35. The lowest BCUT2D eigenvalue weighted by molar-refractivity contribution is -0.139. The molecular weight excluding hydrogens is 418 g/mol. The van der Waals surface area contributed by atoms with Gasteiger partial charge in [-0.05, 0) is 63.3 Å². The van der Waals surface area contributed by atoms with Gasteiger partial charge in [-0.15, -0.1) is 0 Å². The van der Waals surface area contributed by atoms with Crippen molar-refractivity contribution in [2.75, 3.05) is 20.3 Å². The maximum Gasteiger partial charge on any atom is 0.296 e. The van der Waals surface area contributed by atoms with E-state index in [4.69, 9.17) is 14.6 Å². The molecule has 0 radical (unpaired) electrons. The Morgan fingerprint density at radius 1 is 1.30 bits per heavy atom. The third-order valence-electron chi connectivity index (χ3n) is 6.35. The van der Waals surface area contributed by atoms with Crippen molar-refractivity contribution in [3.63, 3.8) is 0 Å². The minimum absolute atomic E-state index is 0.0237. The molecule has 3 atom stereocenters. The lowest BCUT2D eigenvalue weighted by Crippen LogP contribution is -2.47. The number of ether oxygens (including phenoxy) is 2. The van der Waals surface area contributed by atoms with Crippen LogP contribution in [0.4, 0.5) is 0 Å². The van der Waals surface area contributed by atoms with Crippen molar-refractivity contribution in [3.05, 3.63) is 41.5 Å². The molecule has 1 aliphatic carbocycles. The van der Waals surface area contributed by atoms with Crippen LogP contribution in [0, 0.1) is 23.7 Å². The van der Waals surface area contributed by atoms with Gasteiger partial charge in [-0.3, -0.25) is 9.59 Å². The maximum absolute atomic E-state index is 13.0. The first-order valence-corrected chi connectivity index (χ1v) is 11.6. The van der Waals surface area contributed by atoms with Crippen molar-refractivity contribution in [2.45, 2.75) is 51.7 Å². The third kappa shape index (κ3) is 5.12. The summed E-state index contributed by atoms with van der Waals surface area (Å²) < 4.78 is 11.0. The van der Waals surface area contributed by atoms with Gasteiger partial charge in [-0.2, -0.15) is 5.10 Å². The van der Waals surface area contributed by atoms with E-state index in [1.165, 1.54) is 0 Å². The Morgan fingerprint density at radius 3 is 2.79 bits per heavy atom. The van der Waals surface area contributed by atoms with Crippen LogP contribution in [0.15, 0.2) is 35.5 Å². The molecule has 1 saturated heterocycles. The lowest BCUT2D eigenvalue weighted by Gasteiger charge is -2.38. The summed E-state index contributed by atoms with van der Waals surface area (Å²) in [5, 5.41) is 9.18. The zero-order valence-corrected chi connectivity index (χ0v) is 19.5. The average Bonchev–Trinajstić information content (AvgIpc) is 3.35. The van der Waals surface area contributed by atoms with Crippen LogP contribution in [0.5, 0.6) is 5.75 Å². The minimum Gasteiger partial charge on any atom is -0.495 e. The summed E-state index contributed by atoms with van der Waals surface area (Å²) in [5.74, 6) is 5.87. The van der Waals surface area contributed by atoms with Crippen molar-refractivity contribution in [3.8, 4) is 17.6 Å². The lowest BCUT2D eigenvalue weighted by atomic mass is 9.76. The number of nitrogens with one attached hydrogen (secondary N) is 1. The average molecular weight is 450 g/mol. The number of benzene rings is 1. The Bertz CT molecular complexity index is 1030. The molecule has 2 heterocycles. The molecule has 2 amide bonds. The molecule has 33 heavy (non-hydrogen) atoms. The summed E-state index contributed by atoms with van der Waals surface area (Å²) in [5.41, 5.74) is 2.38. The molecule has 1 N–H and O–H groups in total. The fraction of sp³-hybridized carbons (Fsp3) is 0.500. The monoisotopic (exact) mass is 449 g/mol. The number of hydrogen-bond donors (Lipinski definition) is 1. The van der Waals surface area contributed by atoms with Gasteiger partial charge in [-0.25, -0.2) is 5.01 Å². The predicted molar refractivity (Wildman–Crippen MR) is 126 cm³/mol. The first-order chi connectivity index (χ1) is 16.0.